The van der Waals surface area contributed by atoms with Gasteiger partial charge in [0.15, 0.2) is 11.5 Å². The van der Waals surface area contributed by atoms with Gasteiger partial charge in [0.05, 0.1) is 23.3 Å². The molecule has 0 aromatic heterocycles. The lowest BCUT2D eigenvalue weighted by Crippen LogP contribution is -2.54. The van der Waals surface area contributed by atoms with Crippen LogP contribution in [0.15, 0.2) is 51.8 Å². The third-order valence-electron chi connectivity index (χ3n) is 6.34. The summed E-state index contributed by atoms with van der Waals surface area (Å²) in [6.45, 7) is 8.24. The van der Waals surface area contributed by atoms with E-state index in [1.54, 1.807) is 18.7 Å². The highest BCUT2D eigenvalue weighted by Crippen LogP contribution is 2.31. The number of sulfonamides is 1. The van der Waals surface area contributed by atoms with Crippen molar-refractivity contribution in [2.45, 2.75) is 49.8 Å². The van der Waals surface area contributed by atoms with E-state index in [9.17, 15) is 27.8 Å². The predicted molar refractivity (Wildman–Crippen MR) is 125 cm³/mol. The average Bonchev–Trinajstić information content (AvgIpc) is 2.80. The summed E-state index contributed by atoms with van der Waals surface area (Å²) in [6.07, 6.45) is 0.000961. The molecule has 0 spiro atoms. The Bertz CT molecular complexity index is 1220. The molecule has 3 aliphatic rings. The number of nitrogens with one attached hydrogen (secondary N) is 1. The standard InChI is InChI=1S/C23H29FN4O6S/c1-14-20(30)19(26-22-23(2,3)34-11-10-28(14)22)21(31)25-13-15-4-5-16(24)12-18(15)35(32,33)27-8-6-17(29)7-9-27/h4-5,12,17,29-30H,1,6-11,13H2,2-3H3,(H,25,31). The first-order valence-corrected chi connectivity index (χ1v) is 12.7. The van der Waals surface area contributed by atoms with Crippen LogP contribution in [0.25, 0.3) is 0 Å². The summed E-state index contributed by atoms with van der Waals surface area (Å²) in [4.78, 5) is 18.7. The fourth-order valence-corrected chi connectivity index (χ4v) is 6.03. The molecule has 35 heavy (non-hydrogen) atoms. The molecule has 10 nitrogen and oxygen atoms in total. The van der Waals surface area contributed by atoms with Gasteiger partial charge in [0.25, 0.3) is 5.91 Å². The number of ether oxygens (including phenoxy) is 1. The van der Waals surface area contributed by atoms with Crippen molar-refractivity contribution in [1.29, 1.82) is 0 Å². The zero-order valence-corrected chi connectivity index (χ0v) is 20.4. The Morgan fingerprint density at radius 1 is 1.31 bits per heavy atom. The highest BCUT2D eigenvalue weighted by Gasteiger charge is 2.41. The molecule has 2 fully saturated rings. The number of halogens is 1. The minimum Gasteiger partial charge on any atom is -0.504 e. The average molecular weight is 509 g/mol. The van der Waals surface area contributed by atoms with Crippen molar-refractivity contribution >= 4 is 21.8 Å². The summed E-state index contributed by atoms with van der Waals surface area (Å²) in [5, 5.41) is 22.9. The highest BCUT2D eigenvalue weighted by atomic mass is 32.2. The lowest BCUT2D eigenvalue weighted by atomic mass is 10.0. The topological polar surface area (TPSA) is 132 Å². The van der Waals surface area contributed by atoms with Crippen molar-refractivity contribution < 1.29 is 32.6 Å². The summed E-state index contributed by atoms with van der Waals surface area (Å²) < 4.78 is 47.4. The molecular formula is C23H29FN4O6S. The molecule has 0 bridgehead atoms. The second-order valence-electron chi connectivity index (χ2n) is 9.16. The number of piperidine rings is 1. The molecule has 0 atom stereocenters. The van der Waals surface area contributed by atoms with Crippen molar-refractivity contribution in [3.05, 3.63) is 53.3 Å². The minimum atomic E-state index is -4.06. The molecule has 4 rings (SSSR count). The normalized spacial score (nSPS) is 21.5. The molecule has 0 aliphatic carbocycles. The number of morpholine rings is 1. The monoisotopic (exact) mass is 508 g/mol. The smallest absolute Gasteiger partial charge is 0.274 e. The number of hydrogen-bond donors (Lipinski definition) is 3. The fraction of sp³-hybridized carbons (Fsp3) is 0.478. The van der Waals surface area contributed by atoms with Crippen molar-refractivity contribution in [3.8, 4) is 0 Å². The number of carbonyl (C=O) groups is 1. The second-order valence-corrected chi connectivity index (χ2v) is 11.1. The van der Waals surface area contributed by atoms with Crippen LogP contribution >= 0.6 is 0 Å². The summed E-state index contributed by atoms with van der Waals surface area (Å²) in [5.41, 5.74) is -0.686. The number of nitrogens with zero attached hydrogens (tertiary/aromatic N) is 3. The van der Waals surface area contributed by atoms with Gasteiger partial charge in [-0.1, -0.05) is 12.6 Å². The Labute approximate surface area is 203 Å². The number of aliphatic hydroxyl groups excluding tert-OH is 2. The number of amidine groups is 1. The number of hydrogen-bond acceptors (Lipinski definition) is 8. The molecule has 0 saturated carbocycles. The highest BCUT2D eigenvalue weighted by molar-refractivity contribution is 7.89. The molecule has 3 N–H and O–H groups in total. The van der Waals surface area contributed by atoms with Gasteiger partial charge in [-0.25, -0.2) is 17.8 Å². The fourth-order valence-electron chi connectivity index (χ4n) is 4.32. The van der Waals surface area contributed by atoms with Crippen molar-refractivity contribution in [1.82, 2.24) is 14.5 Å². The van der Waals surface area contributed by atoms with Gasteiger partial charge in [-0.3, -0.25) is 4.79 Å². The van der Waals surface area contributed by atoms with Gasteiger partial charge in [0.2, 0.25) is 10.0 Å². The maximum Gasteiger partial charge on any atom is 0.274 e. The van der Waals surface area contributed by atoms with E-state index in [2.05, 4.69) is 16.9 Å². The zero-order valence-electron chi connectivity index (χ0n) is 19.6. The van der Waals surface area contributed by atoms with E-state index in [4.69, 9.17) is 4.74 Å². The Morgan fingerprint density at radius 2 is 2.00 bits per heavy atom. The lowest BCUT2D eigenvalue weighted by molar-refractivity contribution is -0.118. The molecule has 12 heteroatoms. The van der Waals surface area contributed by atoms with Gasteiger partial charge in [0.1, 0.15) is 17.3 Å². The largest absolute Gasteiger partial charge is 0.504 e. The van der Waals surface area contributed by atoms with E-state index < -0.39 is 33.5 Å². The van der Waals surface area contributed by atoms with E-state index in [1.165, 1.54) is 10.4 Å². The van der Waals surface area contributed by atoms with Gasteiger partial charge >= 0.3 is 0 Å². The zero-order chi connectivity index (χ0) is 25.5. The van der Waals surface area contributed by atoms with E-state index >= 15 is 0 Å². The first-order chi connectivity index (χ1) is 16.4. The van der Waals surface area contributed by atoms with Crippen molar-refractivity contribution in [3.63, 3.8) is 0 Å². The Hall–Kier alpha value is -2.80. The van der Waals surface area contributed by atoms with Gasteiger partial charge in [-0.15, -0.1) is 0 Å². The molecule has 2 saturated heterocycles. The van der Waals surface area contributed by atoms with Crippen LogP contribution in [0.5, 0.6) is 0 Å². The Morgan fingerprint density at radius 3 is 2.69 bits per heavy atom. The molecule has 0 unspecified atom stereocenters. The van der Waals surface area contributed by atoms with Crippen molar-refractivity contribution in [2.24, 2.45) is 4.99 Å². The molecule has 1 aromatic rings. The lowest BCUT2D eigenvalue weighted by Gasteiger charge is -2.43. The number of carbonyl (C=O) groups excluding carboxylic acids is 1. The summed E-state index contributed by atoms with van der Waals surface area (Å²) >= 11 is 0. The number of benzene rings is 1. The third-order valence-corrected chi connectivity index (χ3v) is 8.32. The van der Waals surface area contributed by atoms with Gasteiger partial charge in [-0.05, 0) is 44.4 Å². The first-order valence-electron chi connectivity index (χ1n) is 11.3. The maximum absolute atomic E-state index is 14.0. The van der Waals surface area contributed by atoms with E-state index in [1.807, 2.05) is 0 Å². The molecule has 3 aliphatic heterocycles. The van der Waals surface area contributed by atoms with E-state index in [-0.39, 0.29) is 60.1 Å². The molecule has 0 radical (unpaired) electrons. The second kappa shape index (κ2) is 9.34. The van der Waals surface area contributed by atoms with E-state index in [0.29, 0.717) is 19.0 Å². The summed E-state index contributed by atoms with van der Waals surface area (Å²) in [5.74, 6) is -1.44. The number of amides is 1. The predicted octanol–water partition coefficient (Wildman–Crippen LogP) is 1.39. The number of aliphatic hydroxyl groups is 2. The van der Waals surface area contributed by atoms with Gasteiger partial charge in [0, 0.05) is 26.2 Å². The van der Waals surface area contributed by atoms with Crippen LogP contribution in [0.4, 0.5) is 4.39 Å². The molecule has 1 aromatic carbocycles. The summed E-state index contributed by atoms with van der Waals surface area (Å²) in [7, 11) is -4.06. The number of rotatable bonds is 5. The summed E-state index contributed by atoms with van der Waals surface area (Å²) in [6, 6.07) is 3.32. The van der Waals surface area contributed by atoms with Crippen LogP contribution in [-0.2, 0) is 26.1 Å². The third kappa shape index (κ3) is 4.83. The minimum absolute atomic E-state index is 0.112. The SMILES string of the molecule is C=C1C(O)=C(C(=O)NCc2ccc(F)cc2S(=O)(=O)N2CCC(O)CC2)N=C2N1CCOC2(C)C. The first kappa shape index (κ1) is 25.3. The molecular weight excluding hydrogens is 479 g/mol. The van der Waals surface area contributed by atoms with Crippen LogP contribution in [0.2, 0.25) is 0 Å². The molecule has 1 amide bonds. The molecule has 190 valence electrons. The molecule has 3 heterocycles. The van der Waals surface area contributed by atoms with Crippen LogP contribution in [-0.4, -0.2) is 77.5 Å². The van der Waals surface area contributed by atoms with E-state index in [0.717, 1.165) is 12.1 Å². The number of aliphatic imine (C=N–C) groups is 1. The van der Waals surface area contributed by atoms with Gasteiger partial charge in [-0.2, -0.15) is 4.31 Å². The van der Waals surface area contributed by atoms with Crippen molar-refractivity contribution in [2.75, 3.05) is 26.2 Å². The Kier molecular flexibility index (Phi) is 6.75. The van der Waals surface area contributed by atoms with Gasteiger partial charge < -0.3 is 25.2 Å². The van der Waals surface area contributed by atoms with Crippen LogP contribution in [0, 0.1) is 5.82 Å². The van der Waals surface area contributed by atoms with Crippen LogP contribution in [0.3, 0.4) is 0 Å². The number of fused-ring (bicyclic) bond motifs is 1. The quantitative estimate of drug-likeness (QED) is 0.548. The Balaban J connectivity index is 1.58. The van der Waals surface area contributed by atoms with Crippen LogP contribution < -0.4 is 5.32 Å². The maximum atomic E-state index is 14.0. The van der Waals surface area contributed by atoms with Crippen LogP contribution in [0.1, 0.15) is 32.3 Å².